The highest BCUT2D eigenvalue weighted by atomic mass is 16.4. The number of aliphatic carboxylic acids is 1. The Bertz CT molecular complexity index is 506. The molecule has 1 saturated heterocycles. The molecule has 2 N–H and O–H groups in total. The Labute approximate surface area is 117 Å². The van der Waals surface area contributed by atoms with E-state index in [0.29, 0.717) is 6.54 Å². The zero-order valence-electron chi connectivity index (χ0n) is 11.6. The number of hydrogen-bond donors (Lipinski definition) is 2. The number of carbonyl (C=O) groups is 2. The molecule has 1 aliphatic rings. The number of rotatable bonds is 3. The highest BCUT2D eigenvalue weighted by Crippen LogP contribution is 2.33. The topological polar surface area (TPSA) is 77.8 Å². The largest absolute Gasteiger partial charge is 0.481 e. The van der Waals surface area contributed by atoms with Gasteiger partial charge in [-0.05, 0) is 19.4 Å². The van der Waals surface area contributed by atoms with Crippen LogP contribution in [0.1, 0.15) is 25.3 Å². The molecule has 0 aliphatic carbocycles. The highest BCUT2D eigenvalue weighted by Gasteiger charge is 2.43. The summed E-state index contributed by atoms with van der Waals surface area (Å²) in [6, 6.07) is 9.33. The van der Waals surface area contributed by atoms with Gasteiger partial charge in [-0.25, -0.2) is 0 Å². The first-order valence-electron chi connectivity index (χ1n) is 6.60. The average molecular weight is 277 g/mol. The van der Waals surface area contributed by atoms with Crippen LogP contribution in [-0.2, 0) is 9.59 Å². The van der Waals surface area contributed by atoms with Gasteiger partial charge in [0.1, 0.15) is 5.60 Å². The number of aliphatic hydroxyl groups is 1. The Morgan fingerprint density at radius 1 is 1.20 bits per heavy atom. The molecule has 0 spiro atoms. The van der Waals surface area contributed by atoms with Gasteiger partial charge in [0.2, 0.25) is 0 Å². The van der Waals surface area contributed by atoms with Gasteiger partial charge in [-0.2, -0.15) is 0 Å². The molecule has 5 heteroatoms. The number of nitrogens with zero attached hydrogens (tertiary/aromatic N) is 1. The van der Waals surface area contributed by atoms with E-state index >= 15 is 0 Å². The number of benzene rings is 1. The molecule has 0 saturated carbocycles. The molecule has 0 unspecified atom stereocenters. The van der Waals surface area contributed by atoms with Crippen molar-refractivity contribution in [2.45, 2.75) is 25.4 Å². The number of carbonyl (C=O) groups excluding carboxylic acids is 1. The summed E-state index contributed by atoms with van der Waals surface area (Å²) in [4.78, 5) is 24.9. The summed E-state index contributed by atoms with van der Waals surface area (Å²) in [6.45, 7) is 3.30. The van der Waals surface area contributed by atoms with E-state index in [-0.39, 0.29) is 12.5 Å². The number of amides is 1. The van der Waals surface area contributed by atoms with E-state index in [1.165, 1.54) is 18.7 Å². The fourth-order valence-electron chi connectivity index (χ4n) is 2.64. The molecule has 5 nitrogen and oxygen atoms in total. The molecule has 0 radical (unpaired) electrons. The van der Waals surface area contributed by atoms with Crippen molar-refractivity contribution in [1.82, 2.24) is 4.90 Å². The van der Waals surface area contributed by atoms with Gasteiger partial charge in [0.25, 0.3) is 5.91 Å². The molecule has 0 bridgehead atoms. The van der Waals surface area contributed by atoms with E-state index in [0.717, 1.165) is 5.56 Å². The second-order valence-electron chi connectivity index (χ2n) is 5.73. The van der Waals surface area contributed by atoms with Crippen molar-refractivity contribution in [3.63, 3.8) is 0 Å². The third-order valence-corrected chi connectivity index (χ3v) is 3.68. The minimum absolute atomic E-state index is 0.137. The number of carboxylic acids is 1. The lowest BCUT2D eigenvalue weighted by molar-refractivity contribution is -0.147. The van der Waals surface area contributed by atoms with Crippen LogP contribution in [0.15, 0.2) is 30.3 Å². The van der Waals surface area contributed by atoms with Gasteiger partial charge < -0.3 is 15.1 Å². The Kier molecular flexibility index (Phi) is 3.81. The van der Waals surface area contributed by atoms with Crippen molar-refractivity contribution in [3.8, 4) is 0 Å². The summed E-state index contributed by atoms with van der Waals surface area (Å²) in [7, 11) is 0. The lowest BCUT2D eigenvalue weighted by atomic mass is 9.89. The van der Waals surface area contributed by atoms with Crippen LogP contribution >= 0.6 is 0 Å². The number of likely N-dealkylation sites (tertiary alicyclic amines) is 1. The van der Waals surface area contributed by atoms with Gasteiger partial charge in [-0.1, -0.05) is 30.3 Å². The molecule has 2 atom stereocenters. The molecule has 1 fully saturated rings. The molecule has 20 heavy (non-hydrogen) atoms. The van der Waals surface area contributed by atoms with Crippen molar-refractivity contribution < 1.29 is 19.8 Å². The maximum Gasteiger partial charge on any atom is 0.308 e. The van der Waals surface area contributed by atoms with Crippen LogP contribution in [0, 0.1) is 5.92 Å². The van der Waals surface area contributed by atoms with Gasteiger partial charge in [0.05, 0.1) is 5.92 Å². The Hall–Kier alpha value is -1.88. The molecule has 1 amide bonds. The van der Waals surface area contributed by atoms with E-state index in [2.05, 4.69) is 0 Å². The first-order valence-corrected chi connectivity index (χ1v) is 6.60. The van der Waals surface area contributed by atoms with Gasteiger partial charge in [0, 0.05) is 19.0 Å². The number of hydrogen-bond acceptors (Lipinski definition) is 3. The quantitative estimate of drug-likeness (QED) is 0.866. The third-order valence-electron chi connectivity index (χ3n) is 3.68. The van der Waals surface area contributed by atoms with Crippen molar-refractivity contribution in [2.75, 3.05) is 13.1 Å². The summed E-state index contributed by atoms with van der Waals surface area (Å²) in [5.41, 5.74) is -0.569. The molecular formula is C15H19NO4. The van der Waals surface area contributed by atoms with Crippen LogP contribution in [0.25, 0.3) is 0 Å². The van der Waals surface area contributed by atoms with Crippen molar-refractivity contribution >= 4 is 11.9 Å². The average Bonchev–Trinajstić information content (AvgIpc) is 2.82. The fourth-order valence-corrected chi connectivity index (χ4v) is 2.64. The van der Waals surface area contributed by atoms with Crippen LogP contribution in [0.2, 0.25) is 0 Å². The molecule has 108 valence electrons. The maximum atomic E-state index is 12.1. The third kappa shape index (κ3) is 2.82. The lowest BCUT2D eigenvalue weighted by Gasteiger charge is -2.24. The van der Waals surface area contributed by atoms with E-state index in [1.54, 1.807) is 0 Å². The maximum absolute atomic E-state index is 12.1. The zero-order chi connectivity index (χ0) is 14.9. The summed E-state index contributed by atoms with van der Waals surface area (Å²) < 4.78 is 0. The van der Waals surface area contributed by atoms with Gasteiger partial charge in [-0.3, -0.25) is 9.59 Å². The smallest absolute Gasteiger partial charge is 0.308 e. The van der Waals surface area contributed by atoms with E-state index in [1.807, 2.05) is 30.3 Å². The Morgan fingerprint density at radius 2 is 1.80 bits per heavy atom. The summed E-state index contributed by atoms with van der Waals surface area (Å²) in [5, 5.41) is 19.1. The molecule has 0 aromatic heterocycles. The van der Waals surface area contributed by atoms with Gasteiger partial charge in [0.15, 0.2) is 0 Å². The first-order chi connectivity index (χ1) is 9.30. The Balaban J connectivity index is 2.25. The number of carboxylic acid groups (broad SMARTS) is 1. The summed E-state index contributed by atoms with van der Waals surface area (Å²) in [6.07, 6.45) is 0. The highest BCUT2D eigenvalue weighted by molar-refractivity contribution is 5.85. The van der Waals surface area contributed by atoms with Crippen LogP contribution in [0.3, 0.4) is 0 Å². The predicted molar refractivity (Wildman–Crippen MR) is 73.2 cm³/mol. The molecule has 2 rings (SSSR count). The minimum atomic E-state index is -1.48. The molecular weight excluding hydrogens is 258 g/mol. The van der Waals surface area contributed by atoms with E-state index in [9.17, 15) is 19.8 Å². The normalized spacial score (nSPS) is 22.9. The molecule has 1 aromatic carbocycles. The molecule has 1 aliphatic heterocycles. The monoisotopic (exact) mass is 277 g/mol. The zero-order valence-corrected chi connectivity index (χ0v) is 11.6. The SMILES string of the molecule is CC(C)(O)C(=O)N1C[C@H](C(=O)O)[C@H](c2ccccc2)C1. The van der Waals surface area contributed by atoms with Crippen LogP contribution in [0.4, 0.5) is 0 Å². The van der Waals surface area contributed by atoms with Crippen molar-refractivity contribution in [2.24, 2.45) is 5.92 Å². The lowest BCUT2D eigenvalue weighted by Crippen LogP contribution is -2.44. The standard InChI is InChI=1S/C15H19NO4/c1-15(2,20)14(19)16-8-11(12(9-16)13(17)18)10-6-4-3-5-7-10/h3-7,11-12,20H,8-9H2,1-2H3,(H,17,18)/t11-,12-/m0/s1. The van der Waals surface area contributed by atoms with Crippen LogP contribution < -0.4 is 0 Å². The van der Waals surface area contributed by atoms with Crippen molar-refractivity contribution in [1.29, 1.82) is 0 Å². The van der Waals surface area contributed by atoms with Crippen LogP contribution in [0.5, 0.6) is 0 Å². The fraction of sp³-hybridized carbons (Fsp3) is 0.467. The Morgan fingerprint density at radius 3 is 2.30 bits per heavy atom. The van der Waals surface area contributed by atoms with Crippen molar-refractivity contribution in [3.05, 3.63) is 35.9 Å². The second kappa shape index (κ2) is 5.25. The van der Waals surface area contributed by atoms with E-state index in [4.69, 9.17) is 0 Å². The first kappa shape index (κ1) is 14.5. The summed E-state index contributed by atoms with van der Waals surface area (Å²) in [5.74, 6) is -2.21. The van der Waals surface area contributed by atoms with Gasteiger partial charge in [-0.15, -0.1) is 0 Å². The molecule has 1 heterocycles. The van der Waals surface area contributed by atoms with Crippen LogP contribution in [-0.4, -0.2) is 45.7 Å². The minimum Gasteiger partial charge on any atom is -0.481 e. The van der Waals surface area contributed by atoms with E-state index < -0.39 is 23.4 Å². The van der Waals surface area contributed by atoms with Gasteiger partial charge >= 0.3 is 5.97 Å². The predicted octanol–water partition coefficient (Wildman–Crippen LogP) is 1.08. The summed E-state index contributed by atoms with van der Waals surface area (Å²) >= 11 is 0. The molecule has 1 aromatic rings. The second-order valence-corrected chi connectivity index (χ2v) is 5.73.